The van der Waals surface area contributed by atoms with Gasteiger partial charge >= 0.3 is 0 Å². The van der Waals surface area contributed by atoms with Crippen molar-refractivity contribution in [1.29, 1.82) is 0 Å². The van der Waals surface area contributed by atoms with Crippen molar-refractivity contribution in [3.8, 4) is 0 Å². The Labute approximate surface area is 140 Å². The number of aryl methyl sites for hydroxylation is 1. The maximum absolute atomic E-state index is 12.4. The predicted molar refractivity (Wildman–Crippen MR) is 89.4 cm³/mol. The van der Waals surface area contributed by atoms with Crippen LogP contribution in [0.5, 0.6) is 0 Å². The SMILES string of the molecule is Cc1ccc(NC(=O)CNC(=O)C2(CN)CCOCC2)c(Cl)c1. The maximum Gasteiger partial charge on any atom is 0.243 e. The Balaban J connectivity index is 1.89. The first kappa shape index (κ1) is 17.7. The summed E-state index contributed by atoms with van der Waals surface area (Å²) in [6.45, 7) is 3.06. The van der Waals surface area contributed by atoms with Crippen LogP contribution in [0.1, 0.15) is 18.4 Å². The number of amides is 2. The summed E-state index contributed by atoms with van der Waals surface area (Å²) in [5, 5.41) is 5.82. The van der Waals surface area contributed by atoms with Gasteiger partial charge in [-0.1, -0.05) is 17.7 Å². The Hall–Kier alpha value is -1.63. The van der Waals surface area contributed by atoms with Crippen LogP contribution >= 0.6 is 11.6 Å². The molecule has 1 aromatic carbocycles. The number of benzene rings is 1. The van der Waals surface area contributed by atoms with Gasteiger partial charge in [-0.15, -0.1) is 0 Å². The fourth-order valence-electron chi connectivity index (χ4n) is 2.55. The zero-order chi connectivity index (χ0) is 16.9. The van der Waals surface area contributed by atoms with E-state index in [0.717, 1.165) is 5.56 Å². The molecular weight excluding hydrogens is 318 g/mol. The van der Waals surface area contributed by atoms with E-state index in [1.807, 2.05) is 13.0 Å². The molecule has 1 heterocycles. The van der Waals surface area contributed by atoms with Crippen molar-refractivity contribution in [2.45, 2.75) is 19.8 Å². The van der Waals surface area contributed by atoms with Crippen LogP contribution in [0.15, 0.2) is 18.2 Å². The summed E-state index contributed by atoms with van der Waals surface area (Å²) in [5.74, 6) is -0.531. The zero-order valence-corrected chi connectivity index (χ0v) is 13.9. The lowest BCUT2D eigenvalue weighted by molar-refractivity contribution is -0.137. The fraction of sp³-hybridized carbons (Fsp3) is 0.500. The average molecular weight is 340 g/mol. The molecule has 7 heteroatoms. The summed E-state index contributed by atoms with van der Waals surface area (Å²) in [5.41, 5.74) is 6.66. The summed E-state index contributed by atoms with van der Waals surface area (Å²) >= 11 is 6.07. The van der Waals surface area contributed by atoms with Crippen LogP contribution in [0.4, 0.5) is 5.69 Å². The quantitative estimate of drug-likeness (QED) is 0.757. The second-order valence-corrected chi connectivity index (χ2v) is 6.22. The van der Waals surface area contributed by atoms with Crippen LogP contribution in [0.25, 0.3) is 0 Å². The molecule has 0 aliphatic carbocycles. The van der Waals surface area contributed by atoms with E-state index in [2.05, 4.69) is 10.6 Å². The third kappa shape index (κ3) is 4.43. The van der Waals surface area contributed by atoms with Crippen molar-refractivity contribution in [3.05, 3.63) is 28.8 Å². The number of halogens is 1. The number of hydrogen-bond acceptors (Lipinski definition) is 4. The van der Waals surface area contributed by atoms with Gasteiger partial charge in [-0.3, -0.25) is 9.59 Å². The third-order valence-corrected chi connectivity index (χ3v) is 4.44. The van der Waals surface area contributed by atoms with Crippen LogP contribution in [0.2, 0.25) is 5.02 Å². The molecule has 2 rings (SSSR count). The second kappa shape index (κ2) is 7.77. The lowest BCUT2D eigenvalue weighted by Gasteiger charge is -2.34. The molecule has 1 saturated heterocycles. The molecule has 0 spiro atoms. The average Bonchev–Trinajstić information content (AvgIpc) is 2.55. The third-order valence-electron chi connectivity index (χ3n) is 4.13. The smallest absolute Gasteiger partial charge is 0.243 e. The molecular formula is C16H22ClN3O3. The minimum Gasteiger partial charge on any atom is -0.381 e. The largest absolute Gasteiger partial charge is 0.381 e. The minimum atomic E-state index is -0.639. The monoisotopic (exact) mass is 339 g/mol. The molecule has 1 aliphatic rings. The predicted octanol–water partition coefficient (Wildman–Crippen LogP) is 1.46. The number of nitrogens with two attached hydrogens (primary N) is 1. The van der Waals surface area contributed by atoms with Crippen molar-refractivity contribution in [1.82, 2.24) is 5.32 Å². The number of anilines is 1. The van der Waals surface area contributed by atoms with Crippen LogP contribution < -0.4 is 16.4 Å². The summed E-state index contributed by atoms with van der Waals surface area (Å²) in [4.78, 5) is 24.4. The van der Waals surface area contributed by atoms with E-state index in [9.17, 15) is 9.59 Å². The van der Waals surface area contributed by atoms with E-state index >= 15 is 0 Å². The summed E-state index contributed by atoms with van der Waals surface area (Å²) in [6, 6.07) is 5.35. The van der Waals surface area contributed by atoms with E-state index in [-0.39, 0.29) is 24.9 Å². The molecule has 2 amide bonds. The summed E-state index contributed by atoms with van der Waals surface area (Å²) in [6.07, 6.45) is 1.14. The van der Waals surface area contributed by atoms with Gasteiger partial charge in [0.05, 0.1) is 22.7 Å². The van der Waals surface area contributed by atoms with Crippen molar-refractivity contribution in [2.75, 3.05) is 31.6 Å². The van der Waals surface area contributed by atoms with Gasteiger partial charge in [0.25, 0.3) is 0 Å². The van der Waals surface area contributed by atoms with E-state index in [0.29, 0.717) is 36.8 Å². The first-order valence-corrected chi connectivity index (χ1v) is 7.97. The van der Waals surface area contributed by atoms with E-state index in [1.165, 1.54) is 0 Å². The molecule has 6 nitrogen and oxygen atoms in total. The Morgan fingerprint density at radius 1 is 1.35 bits per heavy atom. The van der Waals surface area contributed by atoms with Crippen LogP contribution in [-0.4, -0.2) is 38.1 Å². The van der Waals surface area contributed by atoms with Crippen molar-refractivity contribution < 1.29 is 14.3 Å². The van der Waals surface area contributed by atoms with Crippen LogP contribution in [0, 0.1) is 12.3 Å². The van der Waals surface area contributed by atoms with Gasteiger partial charge in [0.15, 0.2) is 0 Å². The molecule has 4 N–H and O–H groups in total. The Kier molecular flexibility index (Phi) is 5.98. The highest BCUT2D eigenvalue weighted by Crippen LogP contribution is 2.29. The second-order valence-electron chi connectivity index (χ2n) is 5.81. The Morgan fingerprint density at radius 2 is 2.04 bits per heavy atom. The molecule has 0 bridgehead atoms. The first-order chi connectivity index (χ1) is 11.0. The molecule has 126 valence electrons. The van der Waals surface area contributed by atoms with E-state index in [4.69, 9.17) is 22.1 Å². The molecule has 0 unspecified atom stereocenters. The van der Waals surface area contributed by atoms with Gasteiger partial charge in [0.1, 0.15) is 0 Å². The lowest BCUT2D eigenvalue weighted by Crippen LogP contribution is -2.50. The van der Waals surface area contributed by atoms with E-state index in [1.54, 1.807) is 12.1 Å². The maximum atomic E-state index is 12.4. The first-order valence-electron chi connectivity index (χ1n) is 7.59. The van der Waals surface area contributed by atoms with Crippen LogP contribution in [0.3, 0.4) is 0 Å². The number of rotatable bonds is 5. The molecule has 0 aromatic heterocycles. The Bertz CT molecular complexity index is 586. The number of hydrogen-bond donors (Lipinski definition) is 3. The molecule has 1 aliphatic heterocycles. The van der Waals surface area contributed by atoms with Gasteiger partial charge < -0.3 is 21.1 Å². The fourth-order valence-corrected chi connectivity index (χ4v) is 2.83. The van der Waals surface area contributed by atoms with Gasteiger partial charge in [0, 0.05) is 19.8 Å². The topological polar surface area (TPSA) is 93.5 Å². The molecule has 1 fully saturated rings. The van der Waals surface area contributed by atoms with Gasteiger partial charge in [-0.05, 0) is 37.5 Å². The van der Waals surface area contributed by atoms with E-state index < -0.39 is 5.41 Å². The summed E-state index contributed by atoms with van der Waals surface area (Å²) in [7, 11) is 0. The number of nitrogens with one attached hydrogen (secondary N) is 2. The molecule has 1 aromatic rings. The normalized spacial score (nSPS) is 16.7. The van der Waals surface area contributed by atoms with Gasteiger partial charge in [-0.2, -0.15) is 0 Å². The van der Waals surface area contributed by atoms with Gasteiger partial charge in [-0.25, -0.2) is 0 Å². The standard InChI is InChI=1S/C16H22ClN3O3/c1-11-2-3-13(12(17)8-11)20-14(21)9-19-15(22)16(10-18)4-6-23-7-5-16/h2-3,8H,4-7,9-10,18H2,1H3,(H,19,22)(H,20,21). The number of carbonyl (C=O) groups is 2. The molecule has 23 heavy (non-hydrogen) atoms. The van der Waals surface area contributed by atoms with Crippen molar-refractivity contribution >= 4 is 29.1 Å². The molecule has 0 saturated carbocycles. The molecule has 0 radical (unpaired) electrons. The van der Waals surface area contributed by atoms with Gasteiger partial charge in [0.2, 0.25) is 11.8 Å². The highest BCUT2D eigenvalue weighted by atomic mass is 35.5. The highest BCUT2D eigenvalue weighted by Gasteiger charge is 2.38. The van der Waals surface area contributed by atoms with Crippen molar-refractivity contribution in [3.63, 3.8) is 0 Å². The van der Waals surface area contributed by atoms with Crippen LogP contribution in [-0.2, 0) is 14.3 Å². The lowest BCUT2D eigenvalue weighted by atomic mass is 9.79. The van der Waals surface area contributed by atoms with Crippen molar-refractivity contribution in [2.24, 2.45) is 11.1 Å². The molecule has 0 atom stereocenters. The number of ether oxygens (including phenoxy) is 1. The number of carbonyl (C=O) groups excluding carboxylic acids is 2. The summed E-state index contributed by atoms with van der Waals surface area (Å²) < 4.78 is 5.27. The Morgan fingerprint density at radius 3 is 2.65 bits per heavy atom. The zero-order valence-electron chi connectivity index (χ0n) is 13.2. The highest BCUT2D eigenvalue weighted by molar-refractivity contribution is 6.33. The minimum absolute atomic E-state index is 0.119.